The highest BCUT2D eigenvalue weighted by Gasteiger charge is 2.07. The Labute approximate surface area is 56.9 Å². The Morgan fingerprint density at radius 3 is 2.89 bits per heavy atom. The van der Waals surface area contributed by atoms with Gasteiger partial charge < -0.3 is 5.73 Å². The first-order valence-electron chi connectivity index (χ1n) is 3.78. The number of hydrogen-bond donors (Lipinski definition) is 1. The van der Waals surface area contributed by atoms with Crippen molar-refractivity contribution in [2.24, 2.45) is 11.7 Å². The monoisotopic (exact) mass is 125 g/mol. The van der Waals surface area contributed by atoms with Gasteiger partial charge in [-0.25, -0.2) is 0 Å². The molecule has 1 heteroatoms. The van der Waals surface area contributed by atoms with E-state index in [0.29, 0.717) is 0 Å². The van der Waals surface area contributed by atoms with Crippen LogP contribution in [0.5, 0.6) is 0 Å². The van der Waals surface area contributed by atoms with Crippen molar-refractivity contribution >= 4 is 0 Å². The van der Waals surface area contributed by atoms with Crippen LogP contribution in [0.15, 0.2) is 12.2 Å². The molecule has 0 bridgehead atoms. The summed E-state index contributed by atoms with van der Waals surface area (Å²) in [5.74, 6) is 0.889. The largest absolute Gasteiger partial charge is 0.330 e. The minimum atomic E-state index is 0.860. The lowest BCUT2D eigenvalue weighted by Crippen LogP contribution is -2.09. The molecule has 0 amide bonds. The fraction of sp³-hybridized carbons (Fsp3) is 0.750. The predicted molar refractivity (Wildman–Crippen MR) is 40.2 cm³/mol. The lowest BCUT2D eigenvalue weighted by atomic mass is 9.92. The fourth-order valence-corrected chi connectivity index (χ4v) is 1.35. The molecule has 1 rings (SSSR count). The summed E-state index contributed by atoms with van der Waals surface area (Å²) in [6, 6.07) is 0. The third-order valence-electron chi connectivity index (χ3n) is 1.95. The van der Waals surface area contributed by atoms with Crippen LogP contribution in [0.25, 0.3) is 0 Å². The number of hydrogen-bond acceptors (Lipinski definition) is 1. The molecule has 0 unspecified atom stereocenters. The van der Waals surface area contributed by atoms with Gasteiger partial charge in [-0.15, -0.1) is 0 Å². The Bertz CT molecular complexity index is 96.7. The van der Waals surface area contributed by atoms with Gasteiger partial charge in [-0.05, 0) is 38.1 Å². The molecule has 0 spiro atoms. The molecule has 1 aliphatic carbocycles. The van der Waals surface area contributed by atoms with Crippen LogP contribution in [0, 0.1) is 5.92 Å². The maximum atomic E-state index is 5.44. The van der Waals surface area contributed by atoms with Crippen molar-refractivity contribution < 1.29 is 0 Å². The van der Waals surface area contributed by atoms with Crippen LogP contribution in [0.1, 0.15) is 25.7 Å². The summed E-state index contributed by atoms with van der Waals surface area (Å²) in [4.78, 5) is 0. The third kappa shape index (κ3) is 2.19. The third-order valence-corrected chi connectivity index (χ3v) is 1.95. The zero-order valence-electron chi connectivity index (χ0n) is 5.84. The Balaban J connectivity index is 2.18. The molecule has 1 nitrogen and oxygen atoms in total. The van der Waals surface area contributed by atoms with E-state index in [1.807, 2.05) is 0 Å². The SMILES string of the molecule is NCC[C@H]1CC=CCC1. The zero-order chi connectivity index (χ0) is 6.53. The first-order valence-corrected chi connectivity index (χ1v) is 3.78. The van der Waals surface area contributed by atoms with Gasteiger partial charge in [0.15, 0.2) is 0 Å². The second kappa shape index (κ2) is 3.67. The van der Waals surface area contributed by atoms with E-state index < -0.39 is 0 Å². The maximum Gasteiger partial charge on any atom is -0.00745 e. The standard InChI is InChI=1S/C8H15N/c9-7-6-8-4-2-1-3-5-8/h1-2,8H,3-7,9H2/t8-/m0/s1. The average Bonchev–Trinajstić information content (AvgIpc) is 1.91. The van der Waals surface area contributed by atoms with Crippen molar-refractivity contribution in [3.63, 3.8) is 0 Å². The zero-order valence-corrected chi connectivity index (χ0v) is 5.84. The second-order valence-corrected chi connectivity index (χ2v) is 2.73. The van der Waals surface area contributed by atoms with Gasteiger partial charge in [-0.3, -0.25) is 0 Å². The van der Waals surface area contributed by atoms with E-state index in [0.717, 1.165) is 12.5 Å². The summed E-state index contributed by atoms with van der Waals surface area (Å²) in [6.07, 6.45) is 9.65. The molecule has 0 radical (unpaired) electrons. The normalized spacial score (nSPS) is 26.6. The Hall–Kier alpha value is -0.300. The van der Waals surface area contributed by atoms with Crippen LogP contribution < -0.4 is 5.73 Å². The van der Waals surface area contributed by atoms with E-state index in [1.54, 1.807) is 0 Å². The van der Waals surface area contributed by atoms with Crippen LogP contribution in [0.3, 0.4) is 0 Å². The average molecular weight is 125 g/mol. The predicted octanol–water partition coefficient (Wildman–Crippen LogP) is 1.69. The summed E-state index contributed by atoms with van der Waals surface area (Å²) < 4.78 is 0. The number of allylic oxidation sites excluding steroid dienone is 2. The molecule has 0 heterocycles. The summed E-state index contributed by atoms with van der Waals surface area (Å²) in [5, 5.41) is 0. The quantitative estimate of drug-likeness (QED) is 0.558. The van der Waals surface area contributed by atoms with Crippen molar-refractivity contribution in [1.29, 1.82) is 0 Å². The number of rotatable bonds is 2. The van der Waals surface area contributed by atoms with Crippen molar-refractivity contribution in [2.75, 3.05) is 6.54 Å². The molecule has 0 aromatic rings. The van der Waals surface area contributed by atoms with Crippen LogP contribution >= 0.6 is 0 Å². The van der Waals surface area contributed by atoms with E-state index in [2.05, 4.69) is 12.2 Å². The Morgan fingerprint density at radius 1 is 1.44 bits per heavy atom. The van der Waals surface area contributed by atoms with E-state index >= 15 is 0 Å². The molecule has 52 valence electrons. The molecule has 0 saturated heterocycles. The smallest absolute Gasteiger partial charge is 0.00745 e. The fourth-order valence-electron chi connectivity index (χ4n) is 1.35. The molecule has 0 saturated carbocycles. The van der Waals surface area contributed by atoms with E-state index in [-0.39, 0.29) is 0 Å². The van der Waals surface area contributed by atoms with E-state index in [1.165, 1.54) is 25.7 Å². The highest BCUT2D eigenvalue weighted by molar-refractivity contribution is 4.89. The molecule has 1 atom stereocenters. The molecular formula is C8H15N. The summed E-state index contributed by atoms with van der Waals surface area (Å²) in [5.41, 5.74) is 5.44. The topological polar surface area (TPSA) is 26.0 Å². The van der Waals surface area contributed by atoms with Gasteiger partial charge in [0.25, 0.3) is 0 Å². The van der Waals surface area contributed by atoms with E-state index in [4.69, 9.17) is 5.73 Å². The van der Waals surface area contributed by atoms with Gasteiger partial charge >= 0.3 is 0 Å². The molecule has 0 aliphatic heterocycles. The maximum absolute atomic E-state index is 5.44. The minimum absolute atomic E-state index is 0.860. The van der Waals surface area contributed by atoms with Crippen molar-refractivity contribution in [1.82, 2.24) is 0 Å². The van der Waals surface area contributed by atoms with Crippen LogP contribution in [-0.4, -0.2) is 6.54 Å². The van der Waals surface area contributed by atoms with Crippen LogP contribution in [0.4, 0.5) is 0 Å². The van der Waals surface area contributed by atoms with Crippen molar-refractivity contribution in [2.45, 2.75) is 25.7 Å². The van der Waals surface area contributed by atoms with Crippen molar-refractivity contribution in [3.05, 3.63) is 12.2 Å². The van der Waals surface area contributed by atoms with Gasteiger partial charge in [-0.1, -0.05) is 12.2 Å². The number of nitrogens with two attached hydrogens (primary N) is 1. The highest BCUT2D eigenvalue weighted by atomic mass is 14.5. The van der Waals surface area contributed by atoms with E-state index in [9.17, 15) is 0 Å². The molecule has 9 heavy (non-hydrogen) atoms. The first kappa shape index (κ1) is 6.81. The molecule has 0 aromatic heterocycles. The minimum Gasteiger partial charge on any atom is -0.330 e. The summed E-state index contributed by atoms with van der Waals surface area (Å²) >= 11 is 0. The highest BCUT2D eigenvalue weighted by Crippen LogP contribution is 2.20. The lowest BCUT2D eigenvalue weighted by molar-refractivity contribution is 0.452. The van der Waals surface area contributed by atoms with Crippen LogP contribution in [0.2, 0.25) is 0 Å². The van der Waals surface area contributed by atoms with Gasteiger partial charge in [0.2, 0.25) is 0 Å². The molecule has 1 aliphatic rings. The Morgan fingerprint density at radius 2 is 2.33 bits per heavy atom. The molecule has 2 N–H and O–H groups in total. The van der Waals surface area contributed by atoms with Crippen LogP contribution in [-0.2, 0) is 0 Å². The van der Waals surface area contributed by atoms with Crippen molar-refractivity contribution in [3.8, 4) is 0 Å². The first-order chi connectivity index (χ1) is 4.43. The van der Waals surface area contributed by atoms with Gasteiger partial charge in [-0.2, -0.15) is 0 Å². The Kier molecular flexibility index (Phi) is 2.78. The lowest BCUT2D eigenvalue weighted by Gasteiger charge is -2.15. The van der Waals surface area contributed by atoms with Gasteiger partial charge in [0, 0.05) is 0 Å². The van der Waals surface area contributed by atoms with Gasteiger partial charge in [0.1, 0.15) is 0 Å². The van der Waals surface area contributed by atoms with Gasteiger partial charge in [0.05, 0.1) is 0 Å². The summed E-state index contributed by atoms with van der Waals surface area (Å²) in [6.45, 7) is 0.860. The molecule has 0 aromatic carbocycles. The second-order valence-electron chi connectivity index (χ2n) is 2.73. The summed E-state index contributed by atoms with van der Waals surface area (Å²) in [7, 11) is 0. The molecule has 0 fully saturated rings. The molecular weight excluding hydrogens is 110 g/mol.